The lowest BCUT2D eigenvalue weighted by molar-refractivity contribution is -0.0516. The Morgan fingerprint density at radius 2 is 2.15 bits per heavy atom. The maximum absolute atomic E-state index is 10.7. The zero-order chi connectivity index (χ0) is 17.7. The molecule has 1 N–H and O–H groups in total. The molecule has 2 aromatic heterocycles. The van der Waals surface area contributed by atoms with Crippen LogP contribution in [0, 0.1) is 11.3 Å². The number of pyridine rings is 1. The summed E-state index contributed by atoms with van der Waals surface area (Å²) >= 11 is 1.69. The first kappa shape index (κ1) is 16.0. The molecule has 0 radical (unpaired) electrons. The van der Waals surface area contributed by atoms with Crippen LogP contribution in [0.2, 0.25) is 0 Å². The zero-order valence-corrected chi connectivity index (χ0v) is 15.4. The molecule has 1 atom stereocenters. The van der Waals surface area contributed by atoms with E-state index < -0.39 is 6.10 Å². The second-order valence-corrected chi connectivity index (χ2v) is 8.48. The molecule has 5 nitrogen and oxygen atoms in total. The van der Waals surface area contributed by atoms with Crippen LogP contribution >= 0.6 is 11.3 Å². The number of rotatable bonds is 4. The van der Waals surface area contributed by atoms with Crippen molar-refractivity contribution in [2.24, 2.45) is 11.3 Å². The van der Waals surface area contributed by atoms with Crippen molar-refractivity contribution < 1.29 is 9.84 Å². The lowest BCUT2D eigenvalue weighted by Gasteiger charge is -2.60. The predicted molar refractivity (Wildman–Crippen MR) is 103 cm³/mol. The smallest absolute Gasteiger partial charge is 0.127 e. The van der Waals surface area contributed by atoms with Gasteiger partial charge in [-0.2, -0.15) is 0 Å². The van der Waals surface area contributed by atoms with Crippen LogP contribution < -0.4 is 9.64 Å². The highest BCUT2D eigenvalue weighted by Gasteiger charge is 2.54. The van der Waals surface area contributed by atoms with Crippen molar-refractivity contribution in [3.8, 4) is 5.75 Å². The number of nitrogens with zero attached hydrogens (tertiary/aromatic N) is 3. The topological polar surface area (TPSA) is 58.5 Å². The number of methoxy groups -OCH3 is 1. The van der Waals surface area contributed by atoms with E-state index in [2.05, 4.69) is 33.1 Å². The maximum Gasteiger partial charge on any atom is 0.127 e. The van der Waals surface area contributed by atoms with Gasteiger partial charge in [0.2, 0.25) is 0 Å². The molecule has 1 saturated carbocycles. The predicted octanol–water partition coefficient (Wildman–Crippen LogP) is 3.65. The first-order valence-corrected chi connectivity index (χ1v) is 9.80. The van der Waals surface area contributed by atoms with Gasteiger partial charge in [-0.25, -0.2) is 4.98 Å². The molecule has 6 heteroatoms. The molecular weight excluding hydrogens is 346 g/mol. The molecule has 0 bridgehead atoms. The standard InChI is InChI=1S/C20H21N3O2S/c1-25-17-4-5-21-9-15(17)19(24)13-7-20(8-13)10-23(11-20)14-2-3-16-18(6-14)26-12-22-16/h2-6,9,12-13,19,24H,7-8,10-11H2,1H3. The van der Waals surface area contributed by atoms with E-state index in [9.17, 15) is 5.11 Å². The van der Waals surface area contributed by atoms with Crippen LogP contribution in [-0.2, 0) is 0 Å². The molecular formula is C20H21N3O2S. The Hall–Kier alpha value is -2.18. The van der Waals surface area contributed by atoms with Crippen molar-refractivity contribution in [2.75, 3.05) is 25.1 Å². The van der Waals surface area contributed by atoms with Crippen molar-refractivity contribution in [1.82, 2.24) is 9.97 Å². The van der Waals surface area contributed by atoms with E-state index in [-0.39, 0.29) is 0 Å². The minimum Gasteiger partial charge on any atom is -0.496 e. The number of hydrogen-bond acceptors (Lipinski definition) is 6. The number of thiazole rings is 1. The molecule has 2 aliphatic rings. The third kappa shape index (κ3) is 2.47. The molecule has 1 aromatic carbocycles. The Balaban J connectivity index is 1.23. The Labute approximate surface area is 156 Å². The molecule has 0 amide bonds. The average Bonchev–Trinajstić information content (AvgIpc) is 3.07. The minimum atomic E-state index is -0.494. The van der Waals surface area contributed by atoms with E-state index >= 15 is 0 Å². The quantitative estimate of drug-likeness (QED) is 0.763. The lowest BCUT2D eigenvalue weighted by atomic mass is 9.55. The molecule has 1 aliphatic heterocycles. The Morgan fingerprint density at radius 3 is 2.96 bits per heavy atom. The highest BCUT2D eigenvalue weighted by atomic mass is 32.1. The van der Waals surface area contributed by atoms with E-state index in [4.69, 9.17) is 4.74 Å². The second-order valence-electron chi connectivity index (χ2n) is 7.59. The Morgan fingerprint density at radius 1 is 1.31 bits per heavy atom. The van der Waals surface area contributed by atoms with Crippen LogP contribution in [0.5, 0.6) is 5.75 Å². The summed E-state index contributed by atoms with van der Waals surface area (Å²) in [7, 11) is 1.64. The van der Waals surface area contributed by atoms with E-state index in [1.54, 1.807) is 30.8 Å². The Bertz CT molecular complexity index is 943. The summed E-state index contributed by atoms with van der Waals surface area (Å²) < 4.78 is 6.61. The number of hydrogen-bond donors (Lipinski definition) is 1. The Kier molecular flexibility index (Phi) is 3.65. The van der Waals surface area contributed by atoms with Gasteiger partial charge in [0.25, 0.3) is 0 Å². The van der Waals surface area contributed by atoms with Crippen molar-refractivity contribution in [1.29, 1.82) is 0 Å². The van der Waals surface area contributed by atoms with Gasteiger partial charge in [-0.15, -0.1) is 11.3 Å². The van der Waals surface area contributed by atoms with Crippen LogP contribution in [-0.4, -0.2) is 35.3 Å². The first-order chi connectivity index (χ1) is 12.7. The summed E-state index contributed by atoms with van der Waals surface area (Å²) in [5, 5.41) is 10.7. The molecule has 2 fully saturated rings. The van der Waals surface area contributed by atoms with Gasteiger partial charge in [0.1, 0.15) is 5.75 Å². The minimum absolute atomic E-state index is 0.291. The molecule has 134 valence electrons. The van der Waals surface area contributed by atoms with Crippen LogP contribution in [0.3, 0.4) is 0 Å². The van der Waals surface area contributed by atoms with Crippen LogP contribution in [0.1, 0.15) is 24.5 Å². The fraction of sp³-hybridized carbons (Fsp3) is 0.400. The fourth-order valence-electron chi connectivity index (χ4n) is 4.58. The molecule has 5 rings (SSSR count). The highest BCUT2D eigenvalue weighted by Crippen LogP contribution is 2.57. The second kappa shape index (κ2) is 5.93. The number of aromatic nitrogens is 2. The summed E-state index contributed by atoms with van der Waals surface area (Å²) in [5.41, 5.74) is 5.43. The molecule has 3 heterocycles. The van der Waals surface area contributed by atoms with Crippen LogP contribution in [0.4, 0.5) is 5.69 Å². The normalized spacial score (nSPS) is 20.0. The van der Waals surface area contributed by atoms with Gasteiger partial charge in [-0.1, -0.05) is 0 Å². The van der Waals surface area contributed by atoms with E-state index in [0.717, 1.165) is 42.8 Å². The number of aliphatic hydroxyl groups excluding tert-OH is 1. The third-order valence-electron chi connectivity index (χ3n) is 5.92. The molecule has 1 unspecified atom stereocenters. The van der Waals surface area contributed by atoms with Crippen LogP contribution in [0.15, 0.2) is 42.2 Å². The van der Waals surface area contributed by atoms with Gasteiger partial charge in [0, 0.05) is 42.1 Å². The highest BCUT2D eigenvalue weighted by molar-refractivity contribution is 7.16. The number of fused-ring (bicyclic) bond motifs is 1. The summed E-state index contributed by atoms with van der Waals surface area (Å²) in [6.45, 7) is 2.15. The van der Waals surface area contributed by atoms with Gasteiger partial charge in [-0.3, -0.25) is 4.98 Å². The number of ether oxygens (including phenoxy) is 1. The number of benzene rings is 1. The van der Waals surface area contributed by atoms with Crippen molar-refractivity contribution in [2.45, 2.75) is 18.9 Å². The third-order valence-corrected chi connectivity index (χ3v) is 6.71. The van der Waals surface area contributed by atoms with Crippen molar-refractivity contribution in [3.63, 3.8) is 0 Å². The fourth-order valence-corrected chi connectivity index (χ4v) is 5.29. The summed E-state index contributed by atoms with van der Waals surface area (Å²) in [6, 6.07) is 8.33. The number of anilines is 1. The largest absolute Gasteiger partial charge is 0.496 e. The van der Waals surface area contributed by atoms with E-state index in [1.165, 1.54) is 10.4 Å². The van der Waals surface area contributed by atoms with Gasteiger partial charge >= 0.3 is 0 Å². The SMILES string of the molecule is COc1ccncc1C(O)C1CC2(C1)CN(c1ccc3ncsc3c1)C2. The molecule has 26 heavy (non-hydrogen) atoms. The first-order valence-electron chi connectivity index (χ1n) is 8.92. The molecule has 1 aliphatic carbocycles. The van der Waals surface area contributed by atoms with Gasteiger partial charge < -0.3 is 14.7 Å². The summed E-state index contributed by atoms with van der Waals surface area (Å²) in [5.74, 6) is 1.01. The lowest BCUT2D eigenvalue weighted by Crippen LogP contribution is -2.63. The maximum atomic E-state index is 10.7. The number of aliphatic hydroxyl groups is 1. The van der Waals surface area contributed by atoms with Crippen molar-refractivity contribution >= 4 is 27.2 Å². The molecule has 3 aromatic rings. The monoisotopic (exact) mass is 367 g/mol. The van der Waals surface area contributed by atoms with Gasteiger partial charge in [-0.05, 0) is 43.0 Å². The summed E-state index contributed by atoms with van der Waals surface area (Å²) in [6.07, 6.45) is 5.05. The zero-order valence-electron chi connectivity index (χ0n) is 14.6. The van der Waals surface area contributed by atoms with E-state index in [0.29, 0.717) is 11.3 Å². The van der Waals surface area contributed by atoms with Crippen LogP contribution in [0.25, 0.3) is 10.2 Å². The van der Waals surface area contributed by atoms with Gasteiger partial charge in [0.15, 0.2) is 0 Å². The summed E-state index contributed by atoms with van der Waals surface area (Å²) in [4.78, 5) is 10.9. The van der Waals surface area contributed by atoms with Crippen molar-refractivity contribution in [3.05, 3.63) is 47.7 Å². The molecule has 1 spiro atoms. The van der Waals surface area contributed by atoms with Gasteiger partial charge in [0.05, 0.1) is 28.9 Å². The van der Waals surface area contributed by atoms with E-state index in [1.807, 2.05) is 11.6 Å². The molecule has 1 saturated heterocycles. The average molecular weight is 367 g/mol.